The summed E-state index contributed by atoms with van der Waals surface area (Å²) in [7, 11) is 1.60. The molecule has 122 valence electrons. The highest BCUT2D eigenvalue weighted by molar-refractivity contribution is 5.81. The van der Waals surface area contributed by atoms with Crippen LogP contribution >= 0.6 is 0 Å². The van der Waals surface area contributed by atoms with Gasteiger partial charge in [-0.05, 0) is 12.0 Å². The van der Waals surface area contributed by atoms with Crippen LogP contribution in [-0.2, 0) is 30.4 Å². The van der Waals surface area contributed by atoms with Crippen LogP contribution in [0.5, 0.6) is 0 Å². The highest BCUT2D eigenvalue weighted by atomic mass is 16.5. The first kappa shape index (κ1) is 18.1. The van der Waals surface area contributed by atoms with Gasteiger partial charge in [0.25, 0.3) is 0 Å². The molecule has 0 aromatic heterocycles. The van der Waals surface area contributed by atoms with E-state index in [1.54, 1.807) is 7.11 Å². The van der Waals surface area contributed by atoms with Crippen molar-refractivity contribution in [3.63, 3.8) is 0 Å². The van der Waals surface area contributed by atoms with E-state index in [0.29, 0.717) is 32.7 Å². The Hall–Kier alpha value is -1.92. The summed E-state index contributed by atoms with van der Waals surface area (Å²) in [6.45, 7) is 1.65. The van der Waals surface area contributed by atoms with E-state index in [9.17, 15) is 9.59 Å². The number of carbonyl (C=O) groups excluding carboxylic acids is 2. The van der Waals surface area contributed by atoms with Crippen LogP contribution in [0.3, 0.4) is 0 Å². The number of ether oxygens (including phenoxy) is 3. The van der Waals surface area contributed by atoms with Crippen molar-refractivity contribution in [2.75, 3.05) is 33.5 Å². The fourth-order valence-electron chi connectivity index (χ4n) is 1.63. The standard InChI is InChI=1S/C16H23NO5/c1-20-10-11-21-9-5-8-15(18)17-12-16(19)22-13-14-6-3-2-4-7-14/h2-4,6-7H,5,8-13H2,1H3,(H,17,18). The summed E-state index contributed by atoms with van der Waals surface area (Å²) in [5.74, 6) is -0.638. The van der Waals surface area contributed by atoms with Crippen LogP contribution in [0.15, 0.2) is 30.3 Å². The lowest BCUT2D eigenvalue weighted by atomic mass is 10.2. The molecule has 0 heterocycles. The SMILES string of the molecule is COCCOCCCC(=O)NCC(=O)OCc1ccccc1. The van der Waals surface area contributed by atoms with Gasteiger partial charge in [-0.1, -0.05) is 30.3 Å². The molecule has 6 heteroatoms. The molecule has 0 aliphatic rings. The first-order valence-electron chi connectivity index (χ1n) is 7.25. The summed E-state index contributed by atoms with van der Waals surface area (Å²) < 4.78 is 15.1. The quantitative estimate of drug-likeness (QED) is 0.492. The van der Waals surface area contributed by atoms with Gasteiger partial charge in [0.05, 0.1) is 13.2 Å². The third-order valence-corrected chi connectivity index (χ3v) is 2.80. The smallest absolute Gasteiger partial charge is 0.325 e. The molecule has 0 fully saturated rings. The zero-order chi connectivity index (χ0) is 16.0. The average molecular weight is 309 g/mol. The summed E-state index contributed by atoms with van der Waals surface area (Å²) in [6.07, 6.45) is 0.924. The molecule has 0 radical (unpaired) electrons. The summed E-state index contributed by atoms with van der Waals surface area (Å²) >= 11 is 0. The first-order valence-corrected chi connectivity index (χ1v) is 7.25. The van der Waals surface area contributed by atoms with Crippen molar-refractivity contribution < 1.29 is 23.8 Å². The van der Waals surface area contributed by atoms with Gasteiger partial charge < -0.3 is 19.5 Å². The topological polar surface area (TPSA) is 73.9 Å². The Morgan fingerprint density at radius 3 is 2.59 bits per heavy atom. The van der Waals surface area contributed by atoms with Crippen molar-refractivity contribution in [2.24, 2.45) is 0 Å². The monoisotopic (exact) mass is 309 g/mol. The van der Waals surface area contributed by atoms with Crippen molar-refractivity contribution in [2.45, 2.75) is 19.4 Å². The highest BCUT2D eigenvalue weighted by Gasteiger charge is 2.06. The van der Waals surface area contributed by atoms with Crippen LogP contribution in [0.25, 0.3) is 0 Å². The zero-order valence-corrected chi connectivity index (χ0v) is 12.9. The van der Waals surface area contributed by atoms with Crippen molar-refractivity contribution in [3.05, 3.63) is 35.9 Å². The van der Waals surface area contributed by atoms with E-state index in [0.717, 1.165) is 5.56 Å². The van der Waals surface area contributed by atoms with E-state index in [-0.39, 0.29) is 19.1 Å². The Labute approximate surface area is 130 Å². The molecule has 0 saturated heterocycles. The van der Waals surface area contributed by atoms with E-state index in [4.69, 9.17) is 14.2 Å². The predicted octanol–water partition coefficient (Wildman–Crippen LogP) is 1.29. The maximum absolute atomic E-state index is 11.5. The van der Waals surface area contributed by atoms with Crippen LogP contribution in [0.2, 0.25) is 0 Å². The van der Waals surface area contributed by atoms with Gasteiger partial charge in [0.2, 0.25) is 5.91 Å². The summed E-state index contributed by atoms with van der Waals surface area (Å²) in [4.78, 5) is 23.0. The maximum atomic E-state index is 11.5. The minimum absolute atomic E-state index is 0.115. The fourth-order valence-corrected chi connectivity index (χ4v) is 1.63. The van der Waals surface area contributed by atoms with Crippen LogP contribution in [0, 0.1) is 0 Å². The predicted molar refractivity (Wildman–Crippen MR) is 81.2 cm³/mol. The minimum Gasteiger partial charge on any atom is -0.460 e. The second kappa shape index (κ2) is 11.7. The van der Waals surface area contributed by atoms with Crippen LogP contribution < -0.4 is 5.32 Å². The molecule has 0 spiro atoms. The number of benzene rings is 1. The average Bonchev–Trinajstić information content (AvgIpc) is 2.55. The molecule has 0 aliphatic carbocycles. The number of rotatable bonds is 11. The lowest BCUT2D eigenvalue weighted by Crippen LogP contribution is -2.30. The lowest BCUT2D eigenvalue weighted by molar-refractivity contribution is -0.145. The molecule has 1 aromatic carbocycles. The molecule has 6 nitrogen and oxygen atoms in total. The van der Waals surface area contributed by atoms with Gasteiger partial charge in [-0.3, -0.25) is 9.59 Å². The minimum atomic E-state index is -0.450. The number of nitrogens with one attached hydrogen (secondary N) is 1. The van der Waals surface area contributed by atoms with Crippen LogP contribution in [0.4, 0.5) is 0 Å². The molecule has 0 aliphatic heterocycles. The van der Waals surface area contributed by atoms with Gasteiger partial charge in [0.15, 0.2) is 0 Å². The van der Waals surface area contributed by atoms with Gasteiger partial charge in [0.1, 0.15) is 13.2 Å². The van der Waals surface area contributed by atoms with E-state index < -0.39 is 5.97 Å². The Morgan fingerprint density at radius 1 is 1.09 bits per heavy atom. The number of amides is 1. The molecule has 0 bridgehead atoms. The zero-order valence-electron chi connectivity index (χ0n) is 12.9. The molecule has 1 N–H and O–H groups in total. The maximum Gasteiger partial charge on any atom is 0.325 e. The molecule has 22 heavy (non-hydrogen) atoms. The normalized spacial score (nSPS) is 10.2. The summed E-state index contributed by atoms with van der Waals surface area (Å²) in [5.41, 5.74) is 0.912. The number of esters is 1. The van der Waals surface area contributed by atoms with Gasteiger partial charge in [-0.15, -0.1) is 0 Å². The van der Waals surface area contributed by atoms with Crippen molar-refractivity contribution >= 4 is 11.9 Å². The lowest BCUT2D eigenvalue weighted by Gasteiger charge is -2.07. The van der Waals surface area contributed by atoms with E-state index in [1.165, 1.54) is 0 Å². The third kappa shape index (κ3) is 9.10. The molecule has 1 aromatic rings. The molecular formula is C16H23NO5. The number of hydrogen-bond acceptors (Lipinski definition) is 5. The number of carbonyl (C=O) groups is 2. The second-order valence-corrected chi connectivity index (χ2v) is 4.63. The van der Waals surface area contributed by atoms with E-state index in [1.807, 2.05) is 30.3 Å². The number of methoxy groups -OCH3 is 1. The molecular weight excluding hydrogens is 286 g/mol. The molecule has 0 unspecified atom stereocenters. The van der Waals surface area contributed by atoms with Gasteiger partial charge in [0, 0.05) is 20.1 Å². The largest absolute Gasteiger partial charge is 0.460 e. The van der Waals surface area contributed by atoms with Crippen molar-refractivity contribution in [1.29, 1.82) is 0 Å². The van der Waals surface area contributed by atoms with Crippen molar-refractivity contribution in [1.82, 2.24) is 5.32 Å². The van der Waals surface area contributed by atoms with E-state index in [2.05, 4.69) is 5.32 Å². The first-order chi connectivity index (χ1) is 10.7. The molecule has 0 saturated carbocycles. The van der Waals surface area contributed by atoms with Crippen LogP contribution in [0.1, 0.15) is 18.4 Å². The Balaban J connectivity index is 2.02. The van der Waals surface area contributed by atoms with Gasteiger partial charge >= 0.3 is 5.97 Å². The Kier molecular flexibility index (Phi) is 9.65. The van der Waals surface area contributed by atoms with Gasteiger partial charge in [-0.2, -0.15) is 0 Å². The second-order valence-electron chi connectivity index (χ2n) is 4.63. The summed E-state index contributed by atoms with van der Waals surface area (Å²) in [5, 5.41) is 2.53. The number of hydrogen-bond donors (Lipinski definition) is 1. The van der Waals surface area contributed by atoms with Crippen molar-refractivity contribution in [3.8, 4) is 0 Å². The third-order valence-electron chi connectivity index (χ3n) is 2.80. The molecule has 1 amide bonds. The fraction of sp³-hybridized carbons (Fsp3) is 0.500. The Morgan fingerprint density at radius 2 is 1.86 bits per heavy atom. The van der Waals surface area contributed by atoms with E-state index >= 15 is 0 Å². The molecule has 1 rings (SSSR count). The summed E-state index contributed by atoms with van der Waals surface area (Å²) in [6, 6.07) is 9.38. The van der Waals surface area contributed by atoms with Gasteiger partial charge in [-0.25, -0.2) is 0 Å². The highest BCUT2D eigenvalue weighted by Crippen LogP contribution is 2.00. The van der Waals surface area contributed by atoms with Crippen LogP contribution in [-0.4, -0.2) is 45.4 Å². The Bertz CT molecular complexity index is 435. The molecule has 0 atom stereocenters.